The Morgan fingerprint density at radius 3 is 2.79 bits per heavy atom. The van der Waals surface area contributed by atoms with E-state index in [0.29, 0.717) is 23.2 Å². The molecular weight excluding hydrogens is 339 g/mol. The van der Waals surface area contributed by atoms with E-state index in [0.717, 1.165) is 18.6 Å². The van der Waals surface area contributed by atoms with E-state index in [1.807, 2.05) is 0 Å². The quantitative estimate of drug-likeness (QED) is 0.791. The lowest BCUT2D eigenvalue weighted by Crippen LogP contribution is -2.39. The topological polar surface area (TPSA) is 70.3 Å². The smallest absolute Gasteiger partial charge is 0.339 e. The second-order valence-corrected chi connectivity index (χ2v) is 5.76. The number of hydrogen-bond donors (Lipinski definition) is 0. The number of hydrogen-bond acceptors (Lipinski definition) is 4. The van der Waals surface area contributed by atoms with E-state index < -0.39 is 23.0 Å². The van der Waals surface area contributed by atoms with E-state index in [-0.39, 0.29) is 22.9 Å². The number of carbonyl (C=O) groups is 1. The van der Waals surface area contributed by atoms with Gasteiger partial charge in [-0.2, -0.15) is 0 Å². The van der Waals surface area contributed by atoms with E-state index in [4.69, 9.17) is 16.3 Å². The number of benzene rings is 1. The van der Waals surface area contributed by atoms with Crippen LogP contribution in [0.25, 0.3) is 5.69 Å². The number of nitrogens with zero attached hydrogens (tertiary/aromatic N) is 2. The number of esters is 1. The van der Waals surface area contributed by atoms with Crippen LogP contribution in [-0.2, 0) is 17.7 Å². The molecule has 1 aliphatic heterocycles. The Morgan fingerprint density at radius 1 is 1.33 bits per heavy atom. The van der Waals surface area contributed by atoms with Gasteiger partial charge in [0.15, 0.2) is 0 Å². The zero-order valence-corrected chi connectivity index (χ0v) is 13.6. The highest BCUT2D eigenvalue weighted by molar-refractivity contribution is 6.33. The van der Waals surface area contributed by atoms with Gasteiger partial charge in [0.25, 0.3) is 5.56 Å². The van der Waals surface area contributed by atoms with E-state index in [1.165, 1.54) is 10.6 Å². The maximum Gasteiger partial charge on any atom is 0.339 e. The van der Waals surface area contributed by atoms with E-state index in [1.54, 1.807) is 6.92 Å². The molecule has 0 atom stereocenters. The van der Waals surface area contributed by atoms with Crippen LogP contribution < -0.4 is 11.2 Å². The molecule has 24 heavy (non-hydrogen) atoms. The molecule has 3 rings (SSSR count). The molecule has 2 heterocycles. The minimum absolute atomic E-state index is 0.105. The highest BCUT2D eigenvalue weighted by Gasteiger charge is 2.22. The molecule has 8 heteroatoms. The lowest BCUT2D eigenvalue weighted by molar-refractivity contribution is 0.0526. The van der Waals surface area contributed by atoms with Crippen LogP contribution in [-0.4, -0.2) is 21.7 Å². The first-order valence-electron chi connectivity index (χ1n) is 7.46. The summed E-state index contributed by atoms with van der Waals surface area (Å²) >= 11 is 5.88. The van der Waals surface area contributed by atoms with Gasteiger partial charge in [-0.25, -0.2) is 18.5 Å². The molecule has 0 bridgehead atoms. The first-order valence-corrected chi connectivity index (χ1v) is 7.84. The molecule has 0 amide bonds. The van der Waals surface area contributed by atoms with Crippen LogP contribution in [0.2, 0.25) is 5.02 Å². The number of aromatic nitrogens is 2. The minimum atomic E-state index is -0.870. The molecule has 2 aromatic rings. The van der Waals surface area contributed by atoms with E-state index in [9.17, 15) is 18.8 Å². The summed E-state index contributed by atoms with van der Waals surface area (Å²) in [5.41, 5.74) is -1.08. The average molecular weight is 353 g/mol. The number of rotatable bonds is 3. The second kappa shape index (κ2) is 6.24. The van der Waals surface area contributed by atoms with Gasteiger partial charge in [0, 0.05) is 18.3 Å². The van der Waals surface area contributed by atoms with Crippen LogP contribution >= 0.6 is 11.6 Å². The number of halogens is 2. The molecule has 126 valence electrons. The summed E-state index contributed by atoms with van der Waals surface area (Å²) in [6.07, 6.45) is 1.37. The lowest BCUT2D eigenvalue weighted by atomic mass is 10.2. The van der Waals surface area contributed by atoms with E-state index in [2.05, 4.69) is 0 Å². The summed E-state index contributed by atoms with van der Waals surface area (Å²) in [4.78, 5) is 36.7. The van der Waals surface area contributed by atoms with Gasteiger partial charge in [0.2, 0.25) is 0 Å². The zero-order valence-electron chi connectivity index (χ0n) is 12.8. The molecule has 0 unspecified atom stereocenters. The van der Waals surface area contributed by atoms with Crippen LogP contribution in [0.15, 0.2) is 27.8 Å². The van der Waals surface area contributed by atoms with Gasteiger partial charge in [-0.15, -0.1) is 0 Å². The molecule has 1 aromatic carbocycles. The van der Waals surface area contributed by atoms with Crippen molar-refractivity contribution in [2.24, 2.45) is 0 Å². The molecule has 0 radical (unpaired) electrons. The van der Waals surface area contributed by atoms with Crippen molar-refractivity contribution in [2.45, 2.75) is 26.3 Å². The predicted octanol–water partition coefficient (Wildman–Crippen LogP) is 1.91. The number of carbonyl (C=O) groups excluding carboxylic acids is 1. The van der Waals surface area contributed by atoms with Gasteiger partial charge < -0.3 is 4.74 Å². The zero-order chi connectivity index (χ0) is 17.4. The molecule has 0 saturated carbocycles. The number of ether oxygens (including phenoxy) is 1. The molecule has 0 spiro atoms. The van der Waals surface area contributed by atoms with Gasteiger partial charge >= 0.3 is 11.7 Å². The summed E-state index contributed by atoms with van der Waals surface area (Å²) in [6, 6.07) is 3.28. The first-order chi connectivity index (χ1) is 11.4. The van der Waals surface area contributed by atoms with Crippen LogP contribution in [0, 0.1) is 5.82 Å². The second-order valence-electron chi connectivity index (χ2n) is 5.35. The first kappa shape index (κ1) is 16.4. The third-order valence-corrected chi connectivity index (χ3v) is 4.18. The van der Waals surface area contributed by atoms with Crippen molar-refractivity contribution < 1.29 is 13.9 Å². The molecule has 0 aliphatic carbocycles. The van der Waals surface area contributed by atoms with Crippen molar-refractivity contribution in [1.82, 2.24) is 9.13 Å². The van der Waals surface area contributed by atoms with E-state index >= 15 is 0 Å². The molecule has 6 nitrogen and oxygen atoms in total. The lowest BCUT2D eigenvalue weighted by Gasteiger charge is -2.12. The van der Waals surface area contributed by atoms with Crippen LogP contribution in [0.3, 0.4) is 0 Å². The Labute approximate surface area is 141 Å². The van der Waals surface area contributed by atoms with Crippen molar-refractivity contribution in [1.29, 1.82) is 0 Å². The van der Waals surface area contributed by atoms with Gasteiger partial charge in [0.05, 0.1) is 22.9 Å². The Hall–Kier alpha value is -2.41. The van der Waals surface area contributed by atoms with Gasteiger partial charge in [-0.05, 0) is 31.9 Å². The van der Waals surface area contributed by atoms with Crippen LogP contribution in [0.5, 0.6) is 0 Å². The fourth-order valence-electron chi connectivity index (χ4n) is 2.78. The molecule has 0 saturated heterocycles. The van der Waals surface area contributed by atoms with Crippen molar-refractivity contribution in [2.75, 3.05) is 6.61 Å². The summed E-state index contributed by atoms with van der Waals surface area (Å²) in [7, 11) is 0. The summed E-state index contributed by atoms with van der Waals surface area (Å²) in [5, 5.41) is -0.149. The van der Waals surface area contributed by atoms with Gasteiger partial charge in [0.1, 0.15) is 5.82 Å². The van der Waals surface area contributed by atoms with Crippen LogP contribution in [0.1, 0.15) is 29.4 Å². The van der Waals surface area contributed by atoms with Gasteiger partial charge in [-0.3, -0.25) is 9.36 Å². The molecule has 0 N–H and O–H groups in total. The van der Waals surface area contributed by atoms with Crippen LogP contribution in [0.4, 0.5) is 4.39 Å². The van der Waals surface area contributed by atoms with Crippen molar-refractivity contribution in [3.05, 3.63) is 61.1 Å². The normalized spacial score (nSPS) is 13.0. The summed E-state index contributed by atoms with van der Waals surface area (Å²) < 4.78 is 21.3. The van der Waals surface area contributed by atoms with Crippen molar-refractivity contribution >= 4 is 17.6 Å². The number of aryl methyl sites for hydroxylation is 1. The standard InChI is InChI=1S/C16H14ClFN2O4/c1-2-24-15(22)10-7-13(12(18)8-11(10)17)20-14(21)6-9-4-3-5-19(9)16(20)23/h6-8H,2-5H2,1H3. The Morgan fingerprint density at radius 2 is 2.08 bits per heavy atom. The average Bonchev–Trinajstić information content (AvgIpc) is 2.97. The highest BCUT2D eigenvalue weighted by atomic mass is 35.5. The monoisotopic (exact) mass is 352 g/mol. The SMILES string of the molecule is CCOC(=O)c1cc(-n2c(=O)cc3n(c2=O)CCC3)c(F)cc1Cl. The molecular formula is C16H14ClFN2O4. The Balaban J connectivity index is 2.24. The Bertz CT molecular complexity index is 948. The highest BCUT2D eigenvalue weighted by Crippen LogP contribution is 2.23. The largest absolute Gasteiger partial charge is 0.462 e. The third kappa shape index (κ3) is 2.65. The minimum Gasteiger partial charge on any atom is -0.462 e. The molecule has 1 aromatic heterocycles. The fraction of sp³-hybridized carbons (Fsp3) is 0.312. The maximum atomic E-state index is 14.3. The third-order valence-electron chi connectivity index (χ3n) is 3.87. The Kier molecular flexibility index (Phi) is 4.28. The summed E-state index contributed by atoms with van der Waals surface area (Å²) in [6.45, 7) is 2.20. The summed E-state index contributed by atoms with van der Waals surface area (Å²) in [5.74, 6) is -1.62. The van der Waals surface area contributed by atoms with Crippen molar-refractivity contribution in [3.63, 3.8) is 0 Å². The van der Waals surface area contributed by atoms with Gasteiger partial charge in [-0.1, -0.05) is 11.6 Å². The van der Waals surface area contributed by atoms with Crippen molar-refractivity contribution in [3.8, 4) is 5.69 Å². The molecule has 0 fully saturated rings. The maximum absolute atomic E-state index is 14.3. The number of fused-ring (bicyclic) bond motifs is 1. The molecule has 1 aliphatic rings. The fourth-order valence-corrected chi connectivity index (χ4v) is 3.01. The predicted molar refractivity (Wildman–Crippen MR) is 85.5 cm³/mol.